The summed E-state index contributed by atoms with van der Waals surface area (Å²) in [6.45, 7) is 12.5. The van der Waals surface area contributed by atoms with Gasteiger partial charge in [-0.1, -0.05) is 31.8 Å². The lowest BCUT2D eigenvalue weighted by Gasteiger charge is -2.24. The van der Waals surface area contributed by atoms with Crippen LogP contribution in [0.5, 0.6) is 0 Å². The molecule has 13 heteroatoms. The summed E-state index contributed by atoms with van der Waals surface area (Å²) in [6.07, 6.45) is 2.04. The van der Waals surface area contributed by atoms with E-state index in [1.54, 1.807) is 31.5 Å². The van der Waals surface area contributed by atoms with E-state index in [0.717, 1.165) is 13.2 Å². The van der Waals surface area contributed by atoms with Crippen LogP contribution < -0.4 is 10.6 Å². The fourth-order valence-corrected chi connectivity index (χ4v) is 4.87. The van der Waals surface area contributed by atoms with Gasteiger partial charge in [-0.15, -0.1) is 0 Å². The molecule has 2 bridgehead atoms. The fraction of sp³-hybridized carbons (Fsp3) is 0.517. The van der Waals surface area contributed by atoms with Crippen LogP contribution in [0, 0.1) is 0 Å². The highest BCUT2D eigenvalue weighted by molar-refractivity contribution is 6.76. The van der Waals surface area contributed by atoms with E-state index in [4.69, 9.17) is 14.5 Å². The standard InChI is InChI=1S/C29H40F2N4O6Si/c1-28(2,3)41-27(38)34-22-10-8-9-13-29(30,31)24(36)21-16-19(32-26(37)39-4)11-12-20(21)23-17-35(25(22)33-23)18-40-14-15-42(5,6)7/h8-9,11-12,16-17,22H,10,13-15,18H2,1-7H3,(H,32,37)(H,34,38)/t22-/m0/s1. The van der Waals surface area contributed by atoms with Gasteiger partial charge in [0.15, 0.2) is 0 Å². The minimum Gasteiger partial charge on any atom is -0.453 e. The molecule has 2 amide bonds. The number of methoxy groups -OCH3 is 1. The van der Waals surface area contributed by atoms with Crippen molar-refractivity contribution < 1.29 is 37.4 Å². The Morgan fingerprint density at radius 3 is 2.50 bits per heavy atom. The number of allylic oxidation sites excluding steroid dienone is 1. The molecule has 0 saturated heterocycles. The summed E-state index contributed by atoms with van der Waals surface area (Å²) >= 11 is 0. The summed E-state index contributed by atoms with van der Waals surface area (Å²) in [5, 5.41) is 5.21. The molecule has 0 fully saturated rings. The number of alkyl halides is 2. The number of ketones is 1. The number of carbonyl (C=O) groups excluding carboxylic acids is 3. The van der Waals surface area contributed by atoms with Crippen LogP contribution in [0.15, 0.2) is 36.5 Å². The van der Waals surface area contributed by atoms with Crippen molar-refractivity contribution in [2.24, 2.45) is 0 Å². The molecule has 10 nitrogen and oxygen atoms in total. The van der Waals surface area contributed by atoms with Crippen LogP contribution in [0.2, 0.25) is 25.7 Å². The van der Waals surface area contributed by atoms with Gasteiger partial charge in [0, 0.05) is 44.1 Å². The highest BCUT2D eigenvalue weighted by Gasteiger charge is 2.40. The quantitative estimate of drug-likeness (QED) is 0.203. The third kappa shape index (κ3) is 9.21. The number of nitrogens with one attached hydrogen (secondary N) is 2. The Morgan fingerprint density at radius 2 is 1.86 bits per heavy atom. The first-order valence-corrected chi connectivity index (χ1v) is 17.4. The molecule has 1 atom stereocenters. The number of hydrogen-bond acceptors (Lipinski definition) is 7. The van der Waals surface area contributed by atoms with Gasteiger partial charge < -0.3 is 24.1 Å². The van der Waals surface area contributed by atoms with Crippen molar-refractivity contribution in [2.75, 3.05) is 19.0 Å². The van der Waals surface area contributed by atoms with E-state index in [2.05, 4.69) is 35.0 Å². The van der Waals surface area contributed by atoms with Crippen LogP contribution in [-0.2, 0) is 20.9 Å². The number of aromatic nitrogens is 2. The molecule has 1 aliphatic rings. The number of halogens is 2. The Balaban J connectivity index is 2.13. The first-order valence-electron chi connectivity index (χ1n) is 13.7. The van der Waals surface area contributed by atoms with Crippen molar-refractivity contribution in [3.63, 3.8) is 0 Å². The number of fused-ring (bicyclic) bond motifs is 4. The summed E-state index contributed by atoms with van der Waals surface area (Å²) in [5.41, 5.74) is -0.620. The molecule has 1 aromatic heterocycles. The van der Waals surface area contributed by atoms with Gasteiger partial charge in [0.25, 0.3) is 0 Å². The van der Waals surface area contributed by atoms with Crippen molar-refractivity contribution >= 4 is 31.7 Å². The Bertz CT molecular complexity index is 1330. The van der Waals surface area contributed by atoms with Crippen LogP contribution >= 0.6 is 0 Å². The monoisotopic (exact) mass is 606 g/mol. The normalized spacial score (nSPS) is 17.0. The number of benzene rings is 1. The Hall–Kier alpha value is -3.58. The molecule has 2 aromatic rings. The zero-order valence-corrected chi connectivity index (χ0v) is 26.2. The maximum absolute atomic E-state index is 15.2. The van der Waals surface area contributed by atoms with Crippen molar-refractivity contribution in [3.8, 4) is 11.3 Å². The lowest BCUT2D eigenvalue weighted by molar-refractivity contribution is 0.0123. The number of Topliss-reactive ketones (excluding diaryl/α,β-unsaturated/α-hetero) is 1. The summed E-state index contributed by atoms with van der Waals surface area (Å²) in [4.78, 5) is 42.4. The number of hydrogen-bond donors (Lipinski definition) is 2. The van der Waals surface area contributed by atoms with Gasteiger partial charge in [-0.05, 0) is 51.4 Å². The second-order valence-corrected chi connectivity index (χ2v) is 17.9. The molecule has 2 N–H and O–H groups in total. The summed E-state index contributed by atoms with van der Waals surface area (Å²) in [7, 11) is -0.204. The maximum atomic E-state index is 15.2. The first-order chi connectivity index (χ1) is 19.5. The molecule has 0 saturated carbocycles. The van der Waals surface area contributed by atoms with E-state index in [9.17, 15) is 14.4 Å². The van der Waals surface area contributed by atoms with E-state index in [1.165, 1.54) is 30.4 Å². The number of ether oxygens (including phenoxy) is 3. The average molecular weight is 607 g/mol. The molecule has 3 rings (SSSR count). The molecule has 0 spiro atoms. The van der Waals surface area contributed by atoms with Gasteiger partial charge in [-0.25, -0.2) is 14.6 Å². The molecule has 0 unspecified atom stereocenters. The number of anilines is 1. The third-order valence-corrected chi connectivity index (χ3v) is 7.96. The molecular formula is C29H40F2N4O6Si. The first kappa shape index (κ1) is 32.9. The van der Waals surface area contributed by atoms with Crippen LogP contribution in [0.1, 0.15) is 55.8 Å². The van der Waals surface area contributed by atoms with E-state index in [-0.39, 0.29) is 35.7 Å². The molecule has 42 heavy (non-hydrogen) atoms. The topological polar surface area (TPSA) is 121 Å². The SMILES string of the molecule is COC(=O)Nc1ccc2c(c1)C(=O)C(F)(F)CC=CC[C@H](NC(=O)OC(C)(C)C)c1nc-2cn1COCC[Si](C)(C)C. The second kappa shape index (κ2) is 13.2. The maximum Gasteiger partial charge on any atom is 0.411 e. The van der Waals surface area contributed by atoms with Gasteiger partial charge in [0.2, 0.25) is 5.78 Å². The summed E-state index contributed by atoms with van der Waals surface area (Å²) in [6, 6.07) is 4.26. The predicted molar refractivity (Wildman–Crippen MR) is 158 cm³/mol. The molecule has 2 heterocycles. The van der Waals surface area contributed by atoms with E-state index in [1.807, 2.05) is 0 Å². The van der Waals surface area contributed by atoms with Crippen molar-refractivity contribution in [2.45, 2.75) is 83.6 Å². The minimum atomic E-state index is -3.74. The van der Waals surface area contributed by atoms with E-state index in [0.29, 0.717) is 12.4 Å². The zero-order chi connectivity index (χ0) is 31.3. The van der Waals surface area contributed by atoms with Gasteiger partial charge in [-0.2, -0.15) is 8.78 Å². The Kier molecular flexibility index (Phi) is 10.3. The van der Waals surface area contributed by atoms with Gasteiger partial charge in [-0.3, -0.25) is 10.1 Å². The minimum absolute atomic E-state index is 0.0877. The lowest BCUT2D eigenvalue weighted by atomic mass is 9.95. The molecule has 1 aliphatic heterocycles. The second-order valence-electron chi connectivity index (χ2n) is 12.3. The van der Waals surface area contributed by atoms with Crippen LogP contribution in [-0.4, -0.2) is 60.8 Å². The molecular weight excluding hydrogens is 566 g/mol. The predicted octanol–water partition coefficient (Wildman–Crippen LogP) is 6.77. The third-order valence-electron chi connectivity index (χ3n) is 6.25. The number of alkyl carbamates (subject to hydrolysis) is 1. The number of carbonyl (C=O) groups is 3. The Labute approximate surface area is 245 Å². The number of nitrogens with zero attached hydrogens (tertiary/aromatic N) is 2. The van der Waals surface area contributed by atoms with Crippen LogP contribution in [0.25, 0.3) is 11.3 Å². The number of imidazole rings is 1. The van der Waals surface area contributed by atoms with Gasteiger partial charge >= 0.3 is 18.1 Å². The highest BCUT2D eigenvalue weighted by atomic mass is 28.3. The molecule has 1 aromatic carbocycles. The molecule has 230 valence electrons. The largest absolute Gasteiger partial charge is 0.453 e. The van der Waals surface area contributed by atoms with Crippen LogP contribution in [0.4, 0.5) is 24.1 Å². The lowest BCUT2D eigenvalue weighted by Crippen LogP contribution is -2.36. The van der Waals surface area contributed by atoms with Crippen molar-refractivity contribution in [1.29, 1.82) is 0 Å². The van der Waals surface area contributed by atoms with E-state index >= 15 is 8.78 Å². The van der Waals surface area contributed by atoms with Crippen molar-refractivity contribution in [1.82, 2.24) is 14.9 Å². The smallest absolute Gasteiger partial charge is 0.411 e. The van der Waals surface area contributed by atoms with E-state index < -0.39 is 50.0 Å². The average Bonchev–Trinajstić information content (AvgIpc) is 3.29. The fourth-order valence-electron chi connectivity index (χ4n) is 4.12. The number of amides is 2. The summed E-state index contributed by atoms with van der Waals surface area (Å²) < 4.78 is 48.0. The van der Waals surface area contributed by atoms with Crippen LogP contribution in [0.3, 0.4) is 0 Å². The highest BCUT2D eigenvalue weighted by Crippen LogP contribution is 2.34. The molecule has 0 radical (unpaired) electrons. The van der Waals surface area contributed by atoms with Crippen molar-refractivity contribution in [3.05, 3.63) is 47.9 Å². The van der Waals surface area contributed by atoms with Gasteiger partial charge in [0.1, 0.15) is 18.2 Å². The molecule has 0 aliphatic carbocycles. The number of rotatable bonds is 7. The Morgan fingerprint density at radius 1 is 1.14 bits per heavy atom. The summed E-state index contributed by atoms with van der Waals surface area (Å²) in [5.74, 6) is -4.76. The zero-order valence-electron chi connectivity index (χ0n) is 25.2. The van der Waals surface area contributed by atoms with Gasteiger partial charge in [0.05, 0.1) is 18.8 Å².